The average molecular weight is 301 g/mol. The topological polar surface area (TPSA) is 46.2 Å². The number of benzene rings is 1. The number of amides is 1. The number of rotatable bonds is 6. The van der Waals surface area contributed by atoms with Crippen LogP contribution in [0, 0.1) is 13.8 Å². The van der Waals surface area contributed by atoms with Crippen LogP contribution in [-0.2, 0) is 11.3 Å². The number of ketones is 1. The van der Waals surface area contributed by atoms with Crippen LogP contribution in [0.4, 0.5) is 0 Å². The van der Waals surface area contributed by atoms with Gasteiger partial charge >= 0.3 is 0 Å². The zero-order chi connectivity index (χ0) is 15.2. The zero-order valence-corrected chi connectivity index (χ0v) is 13.1. The molecule has 110 valence electrons. The first-order chi connectivity index (χ1) is 10.1. The number of thiophene rings is 1. The lowest BCUT2D eigenvalue weighted by Gasteiger charge is -2.05. The summed E-state index contributed by atoms with van der Waals surface area (Å²) in [6.07, 6.45) is 0.480. The van der Waals surface area contributed by atoms with Gasteiger partial charge in [-0.1, -0.05) is 30.3 Å². The summed E-state index contributed by atoms with van der Waals surface area (Å²) in [7, 11) is 0. The van der Waals surface area contributed by atoms with Crippen LogP contribution in [0.15, 0.2) is 35.7 Å². The summed E-state index contributed by atoms with van der Waals surface area (Å²) < 4.78 is 0. The van der Waals surface area contributed by atoms with E-state index >= 15 is 0 Å². The number of aryl methyl sites for hydroxylation is 1. The van der Waals surface area contributed by atoms with E-state index in [0.717, 1.165) is 5.56 Å². The molecule has 21 heavy (non-hydrogen) atoms. The fourth-order valence-electron chi connectivity index (χ4n) is 2.01. The third-order valence-electron chi connectivity index (χ3n) is 3.54. The molecule has 0 bridgehead atoms. The Hall–Kier alpha value is -1.94. The zero-order valence-electron chi connectivity index (χ0n) is 12.3. The molecule has 1 aromatic carbocycles. The highest BCUT2D eigenvalue weighted by atomic mass is 32.1. The van der Waals surface area contributed by atoms with Crippen molar-refractivity contribution in [2.24, 2.45) is 0 Å². The number of carbonyl (C=O) groups is 2. The fraction of sp³-hybridized carbons (Fsp3) is 0.294. The molecule has 0 saturated heterocycles. The SMILES string of the molecule is Cc1scc(CNC(=O)CCC(=O)c2ccccc2)c1C. The molecule has 2 aromatic rings. The average Bonchev–Trinajstić information content (AvgIpc) is 2.83. The van der Waals surface area contributed by atoms with Crippen molar-refractivity contribution >= 4 is 23.0 Å². The predicted octanol–water partition coefficient (Wildman–Crippen LogP) is 3.64. The van der Waals surface area contributed by atoms with E-state index < -0.39 is 0 Å². The third-order valence-corrected chi connectivity index (χ3v) is 4.60. The highest BCUT2D eigenvalue weighted by Crippen LogP contribution is 2.20. The van der Waals surface area contributed by atoms with E-state index in [1.54, 1.807) is 23.5 Å². The van der Waals surface area contributed by atoms with Gasteiger partial charge < -0.3 is 5.32 Å². The van der Waals surface area contributed by atoms with E-state index in [1.165, 1.54) is 10.4 Å². The fourth-order valence-corrected chi connectivity index (χ4v) is 2.90. The Morgan fingerprint density at radius 2 is 1.81 bits per heavy atom. The Morgan fingerprint density at radius 1 is 1.10 bits per heavy atom. The van der Waals surface area contributed by atoms with Gasteiger partial charge in [-0.15, -0.1) is 11.3 Å². The van der Waals surface area contributed by atoms with Gasteiger partial charge in [-0.2, -0.15) is 0 Å². The smallest absolute Gasteiger partial charge is 0.220 e. The molecule has 1 N–H and O–H groups in total. The highest BCUT2D eigenvalue weighted by molar-refractivity contribution is 7.10. The second-order valence-corrected chi connectivity index (χ2v) is 6.09. The van der Waals surface area contributed by atoms with E-state index in [-0.39, 0.29) is 24.5 Å². The molecule has 0 spiro atoms. The van der Waals surface area contributed by atoms with Crippen molar-refractivity contribution < 1.29 is 9.59 Å². The van der Waals surface area contributed by atoms with Crippen LogP contribution in [0.1, 0.15) is 39.2 Å². The van der Waals surface area contributed by atoms with E-state index in [4.69, 9.17) is 0 Å². The molecule has 4 heteroatoms. The summed E-state index contributed by atoms with van der Waals surface area (Å²) >= 11 is 1.69. The molecule has 0 aliphatic rings. The minimum Gasteiger partial charge on any atom is -0.352 e. The standard InChI is InChI=1S/C17H19NO2S/c1-12-13(2)21-11-15(12)10-18-17(20)9-8-16(19)14-6-4-3-5-7-14/h3-7,11H,8-10H2,1-2H3,(H,18,20). The number of hydrogen-bond acceptors (Lipinski definition) is 3. The van der Waals surface area contributed by atoms with Gasteiger partial charge in [-0.05, 0) is 30.4 Å². The van der Waals surface area contributed by atoms with Gasteiger partial charge in [0.1, 0.15) is 0 Å². The molecule has 0 fully saturated rings. The Balaban J connectivity index is 1.78. The molecule has 0 radical (unpaired) electrons. The second-order valence-electron chi connectivity index (χ2n) is 5.01. The van der Waals surface area contributed by atoms with Crippen LogP contribution in [0.5, 0.6) is 0 Å². The third kappa shape index (κ3) is 4.26. The number of carbonyl (C=O) groups excluding carboxylic acids is 2. The summed E-state index contributed by atoms with van der Waals surface area (Å²) in [5.74, 6) is -0.0733. The maximum absolute atomic E-state index is 11.9. The Kier molecular flexibility index (Phi) is 5.28. The molecular weight excluding hydrogens is 282 g/mol. The quantitative estimate of drug-likeness (QED) is 0.828. The van der Waals surface area contributed by atoms with Crippen molar-refractivity contribution in [2.75, 3.05) is 0 Å². The molecule has 1 heterocycles. The van der Waals surface area contributed by atoms with Crippen LogP contribution in [0.25, 0.3) is 0 Å². The van der Waals surface area contributed by atoms with Crippen molar-refractivity contribution in [3.63, 3.8) is 0 Å². The summed E-state index contributed by atoms with van der Waals surface area (Å²) in [6.45, 7) is 4.67. The summed E-state index contributed by atoms with van der Waals surface area (Å²) in [5, 5.41) is 4.94. The molecule has 2 rings (SSSR count). The monoisotopic (exact) mass is 301 g/mol. The molecule has 0 saturated carbocycles. The lowest BCUT2D eigenvalue weighted by Crippen LogP contribution is -2.23. The van der Waals surface area contributed by atoms with Gasteiger partial charge in [0.05, 0.1) is 0 Å². The number of nitrogens with one attached hydrogen (secondary N) is 1. The van der Waals surface area contributed by atoms with Gasteiger partial charge in [0.25, 0.3) is 0 Å². The van der Waals surface area contributed by atoms with Crippen LogP contribution in [0.3, 0.4) is 0 Å². The maximum atomic E-state index is 11.9. The number of Topliss-reactive ketones (excluding diaryl/α,β-unsaturated/α-hetero) is 1. The molecule has 0 unspecified atom stereocenters. The summed E-state index contributed by atoms with van der Waals surface area (Å²) in [4.78, 5) is 25.0. The molecule has 0 aliphatic heterocycles. The van der Waals surface area contributed by atoms with Gasteiger partial charge in [0, 0.05) is 29.8 Å². The Labute approximate surface area is 129 Å². The molecule has 1 amide bonds. The largest absolute Gasteiger partial charge is 0.352 e. The normalized spacial score (nSPS) is 10.4. The minimum absolute atomic E-state index is 0.00769. The first kappa shape index (κ1) is 15.4. The van der Waals surface area contributed by atoms with Crippen molar-refractivity contribution in [1.29, 1.82) is 0 Å². The first-order valence-electron chi connectivity index (χ1n) is 6.96. The predicted molar refractivity (Wildman–Crippen MR) is 85.6 cm³/mol. The lowest BCUT2D eigenvalue weighted by molar-refractivity contribution is -0.121. The highest BCUT2D eigenvalue weighted by Gasteiger charge is 2.10. The van der Waals surface area contributed by atoms with Gasteiger partial charge in [0.15, 0.2) is 5.78 Å². The van der Waals surface area contributed by atoms with Crippen molar-refractivity contribution in [2.45, 2.75) is 33.2 Å². The van der Waals surface area contributed by atoms with Gasteiger partial charge in [-0.3, -0.25) is 9.59 Å². The van der Waals surface area contributed by atoms with Crippen molar-refractivity contribution in [3.8, 4) is 0 Å². The molecule has 0 aliphatic carbocycles. The molecular formula is C17H19NO2S. The second kappa shape index (κ2) is 7.18. The first-order valence-corrected chi connectivity index (χ1v) is 7.84. The maximum Gasteiger partial charge on any atom is 0.220 e. The van der Waals surface area contributed by atoms with Crippen LogP contribution in [0.2, 0.25) is 0 Å². The molecule has 0 atom stereocenters. The Bertz CT molecular complexity index is 631. The van der Waals surface area contributed by atoms with E-state index in [1.807, 2.05) is 18.2 Å². The van der Waals surface area contributed by atoms with Crippen molar-refractivity contribution in [3.05, 3.63) is 57.3 Å². The van der Waals surface area contributed by atoms with Gasteiger partial charge in [0.2, 0.25) is 5.91 Å². The summed E-state index contributed by atoms with van der Waals surface area (Å²) in [5.41, 5.74) is 3.05. The minimum atomic E-state index is -0.0810. The van der Waals surface area contributed by atoms with E-state index in [2.05, 4.69) is 24.5 Å². The van der Waals surface area contributed by atoms with Crippen LogP contribution in [-0.4, -0.2) is 11.7 Å². The van der Waals surface area contributed by atoms with Crippen LogP contribution < -0.4 is 5.32 Å². The van der Waals surface area contributed by atoms with Gasteiger partial charge in [-0.25, -0.2) is 0 Å². The Morgan fingerprint density at radius 3 is 2.43 bits per heavy atom. The van der Waals surface area contributed by atoms with Crippen molar-refractivity contribution in [1.82, 2.24) is 5.32 Å². The molecule has 1 aromatic heterocycles. The number of hydrogen-bond donors (Lipinski definition) is 1. The van der Waals surface area contributed by atoms with E-state index in [9.17, 15) is 9.59 Å². The van der Waals surface area contributed by atoms with Crippen LogP contribution >= 0.6 is 11.3 Å². The van der Waals surface area contributed by atoms with E-state index in [0.29, 0.717) is 12.1 Å². The lowest BCUT2D eigenvalue weighted by atomic mass is 10.1. The summed E-state index contributed by atoms with van der Waals surface area (Å²) in [6, 6.07) is 9.08. The molecule has 3 nitrogen and oxygen atoms in total.